The monoisotopic (exact) mass is 472 g/mol. The van der Waals surface area contributed by atoms with Gasteiger partial charge in [-0.3, -0.25) is 14.6 Å². The van der Waals surface area contributed by atoms with E-state index < -0.39 is 5.54 Å². The topological polar surface area (TPSA) is 77.7 Å². The van der Waals surface area contributed by atoms with Gasteiger partial charge in [0.15, 0.2) is 0 Å². The lowest BCUT2D eigenvalue weighted by Crippen LogP contribution is -2.53. The second kappa shape index (κ2) is 8.41. The van der Waals surface area contributed by atoms with Crippen LogP contribution in [0.2, 0.25) is 0 Å². The van der Waals surface area contributed by atoms with E-state index in [-0.39, 0.29) is 18.0 Å². The lowest BCUT2D eigenvalue weighted by atomic mass is 9.81. The number of amides is 3. The van der Waals surface area contributed by atoms with Crippen LogP contribution in [0.4, 0.5) is 4.79 Å². The van der Waals surface area contributed by atoms with Gasteiger partial charge in [0.25, 0.3) is 5.91 Å². The van der Waals surface area contributed by atoms with E-state index in [1.807, 2.05) is 61.2 Å². The highest BCUT2D eigenvalue weighted by Gasteiger charge is 2.60. The van der Waals surface area contributed by atoms with Gasteiger partial charge in [0.05, 0.1) is 6.61 Å². The first kappa shape index (κ1) is 22.2. The molecule has 1 saturated heterocycles. The fourth-order valence-corrected chi connectivity index (χ4v) is 5.92. The van der Waals surface area contributed by atoms with Crippen molar-refractivity contribution in [3.05, 3.63) is 65.4 Å². The number of urea groups is 1. The largest absolute Gasteiger partial charge is 0.494 e. The molecule has 7 heteroatoms. The van der Waals surface area contributed by atoms with Crippen LogP contribution in [0.5, 0.6) is 5.75 Å². The Hall–Kier alpha value is -3.32. The summed E-state index contributed by atoms with van der Waals surface area (Å²) in [6, 6.07) is 16.0. The molecule has 0 radical (unpaired) electrons. The van der Waals surface area contributed by atoms with E-state index in [4.69, 9.17) is 4.74 Å². The van der Waals surface area contributed by atoms with Crippen molar-refractivity contribution in [1.29, 1.82) is 0 Å². The molecule has 0 spiro atoms. The minimum atomic E-state index is -0.947. The summed E-state index contributed by atoms with van der Waals surface area (Å²) < 4.78 is 5.77. The van der Waals surface area contributed by atoms with Crippen molar-refractivity contribution >= 4 is 22.8 Å². The van der Waals surface area contributed by atoms with Crippen molar-refractivity contribution in [1.82, 2.24) is 20.1 Å². The summed E-state index contributed by atoms with van der Waals surface area (Å²) in [6.45, 7) is 5.51. The zero-order valence-electron chi connectivity index (χ0n) is 20.3. The summed E-state index contributed by atoms with van der Waals surface area (Å²) in [7, 11) is 0. The third-order valence-electron chi connectivity index (χ3n) is 7.94. The first-order valence-corrected chi connectivity index (χ1v) is 12.7. The van der Waals surface area contributed by atoms with E-state index in [0.717, 1.165) is 33.5 Å². The smallest absolute Gasteiger partial charge is 0.328 e. The molecule has 3 amide bonds. The van der Waals surface area contributed by atoms with Crippen LogP contribution in [0.15, 0.2) is 48.5 Å². The number of benzene rings is 2. The number of nitrogens with zero attached hydrogens (tertiary/aromatic N) is 2. The van der Waals surface area contributed by atoms with Gasteiger partial charge in [0.1, 0.15) is 17.3 Å². The molecule has 2 N–H and O–H groups in total. The molecule has 7 nitrogen and oxygen atoms in total. The maximum atomic E-state index is 13.8. The van der Waals surface area contributed by atoms with E-state index in [0.29, 0.717) is 32.2 Å². The third-order valence-corrected chi connectivity index (χ3v) is 7.94. The summed E-state index contributed by atoms with van der Waals surface area (Å²) in [5.41, 5.74) is 3.10. The molecule has 35 heavy (non-hydrogen) atoms. The van der Waals surface area contributed by atoms with Gasteiger partial charge < -0.3 is 15.0 Å². The molecule has 1 saturated carbocycles. The summed E-state index contributed by atoms with van der Waals surface area (Å²) in [6.07, 6.45) is 4.07. The fraction of sp³-hybridized carbons (Fsp3) is 0.429. The van der Waals surface area contributed by atoms with Crippen molar-refractivity contribution in [2.75, 3.05) is 19.7 Å². The zero-order valence-corrected chi connectivity index (χ0v) is 20.3. The maximum absolute atomic E-state index is 13.8. The van der Waals surface area contributed by atoms with E-state index in [1.54, 1.807) is 0 Å². The van der Waals surface area contributed by atoms with Crippen molar-refractivity contribution < 1.29 is 14.3 Å². The van der Waals surface area contributed by atoms with Gasteiger partial charge in [-0.25, -0.2) is 4.79 Å². The minimum absolute atomic E-state index is 0.111. The molecule has 2 aromatic carbocycles. The highest BCUT2D eigenvalue weighted by Crippen LogP contribution is 2.48. The number of ether oxygens (including phenoxy) is 1. The fourth-order valence-electron chi connectivity index (χ4n) is 5.92. The van der Waals surface area contributed by atoms with E-state index in [9.17, 15) is 9.59 Å². The lowest BCUT2D eigenvalue weighted by molar-refractivity contribution is -0.133. The first-order chi connectivity index (χ1) is 17.0. The Morgan fingerprint density at radius 1 is 1.14 bits per heavy atom. The third kappa shape index (κ3) is 3.44. The van der Waals surface area contributed by atoms with Crippen molar-refractivity contribution in [2.24, 2.45) is 0 Å². The van der Waals surface area contributed by atoms with E-state index in [2.05, 4.69) is 16.4 Å². The maximum Gasteiger partial charge on any atom is 0.328 e. The lowest BCUT2D eigenvalue weighted by Gasteiger charge is -2.42. The van der Waals surface area contributed by atoms with Crippen LogP contribution < -0.4 is 10.1 Å². The van der Waals surface area contributed by atoms with Crippen LogP contribution in [0, 0.1) is 0 Å². The minimum Gasteiger partial charge on any atom is -0.494 e. The van der Waals surface area contributed by atoms with E-state index >= 15 is 0 Å². The van der Waals surface area contributed by atoms with Gasteiger partial charge in [0, 0.05) is 42.1 Å². The zero-order chi connectivity index (χ0) is 24.2. The summed E-state index contributed by atoms with van der Waals surface area (Å²) in [4.78, 5) is 34.5. The van der Waals surface area contributed by atoms with Crippen LogP contribution in [-0.2, 0) is 11.2 Å². The van der Waals surface area contributed by atoms with Gasteiger partial charge in [-0.05, 0) is 56.0 Å². The molecule has 1 aromatic heterocycles. The number of H-pyrrole nitrogens is 1. The standard InChI is InChI=1S/C28H32N4O3/c1-3-35-20-12-13-23-21(16-20)22-17-28(2)26(33)31(15-14-29-19-10-7-11-19)27(34)32(28)25(24(22)30-23)18-8-5-4-6-9-18/h4-6,8-9,12-13,16,19,25,29-30H,3,7,10-11,14-15,17H2,1-2H3/t25-,28+/m1/s1. The predicted molar refractivity (Wildman–Crippen MR) is 134 cm³/mol. The van der Waals surface area contributed by atoms with Crippen LogP contribution in [0.3, 0.4) is 0 Å². The van der Waals surface area contributed by atoms with Crippen molar-refractivity contribution in [3.8, 4) is 5.75 Å². The Kier molecular flexibility index (Phi) is 5.33. The molecule has 6 rings (SSSR count). The number of imide groups is 1. The van der Waals surface area contributed by atoms with Crippen LogP contribution in [0.25, 0.3) is 10.9 Å². The van der Waals surface area contributed by atoms with Gasteiger partial charge in [-0.1, -0.05) is 36.8 Å². The van der Waals surface area contributed by atoms with Crippen LogP contribution in [-0.4, -0.2) is 58.0 Å². The Morgan fingerprint density at radius 2 is 1.94 bits per heavy atom. The average molecular weight is 473 g/mol. The Balaban J connectivity index is 1.43. The molecular weight excluding hydrogens is 440 g/mol. The van der Waals surface area contributed by atoms with Crippen LogP contribution >= 0.6 is 0 Å². The number of aromatic nitrogens is 1. The molecule has 3 heterocycles. The van der Waals surface area contributed by atoms with Gasteiger partial charge >= 0.3 is 6.03 Å². The predicted octanol–water partition coefficient (Wildman–Crippen LogP) is 4.38. The summed E-state index contributed by atoms with van der Waals surface area (Å²) in [5, 5.41) is 4.55. The second-order valence-electron chi connectivity index (χ2n) is 10.1. The Morgan fingerprint density at radius 3 is 2.66 bits per heavy atom. The molecule has 0 unspecified atom stereocenters. The van der Waals surface area contributed by atoms with Crippen LogP contribution in [0.1, 0.15) is 56.0 Å². The van der Waals surface area contributed by atoms with E-state index in [1.165, 1.54) is 24.2 Å². The van der Waals surface area contributed by atoms with Gasteiger partial charge in [-0.15, -0.1) is 0 Å². The summed E-state index contributed by atoms with van der Waals surface area (Å²) >= 11 is 0. The molecule has 1 aliphatic carbocycles. The molecule has 0 bridgehead atoms. The number of nitrogens with one attached hydrogen (secondary N) is 2. The molecule has 182 valence electrons. The average Bonchev–Trinajstić information content (AvgIpc) is 3.27. The van der Waals surface area contributed by atoms with Gasteiger partial charge in [-0.2, -0.15) is 0 Å². The SMILES string of the molecule is CCOc1ccc2[nH]c3c(c2c1)C[C@@]1(C)C(=O)N(CCNC2CCC2)C(=O)N1[C@@H]3c1ccccc1. The molecule has 2 fully saturated rings. The number of hydrogen-bond donors (Lipinski definition) is 2. The molecular formula is C28H32N4O3. The normalized spacial score (nSPS) is 24.0. The number of fused-ring (bicyclic) bond motifs is 4. The Bertz CT molecular complexity index is 1280. The highest BCUT2D eigenvalue weighted by molar-refractivity contribution is 6.08. The van der Waals surface area contributed by atoms with Crippen molar-refractivity contribution in [2.45, 2.75) is 57.2 Å². The molecule has 2 atom stereocenters. The number of carbonyl (C=O) groups is 2. The first-order valence-electron chi connectivity index (χ1n) is 12.7. The number of rotatable bonds is 7. The number of aromatic amines is 1. The Labute approximate surface area is 205 Å². The highest BCUT2D eigenvalue weighted by atomic mass is 16.5. The number of hydrogen-bond acceptors (Lipinski definition) is 4. The van der Waals surface area contributed by atoms with Crippen molar-refractivity contribution in [3.63, 3.8) is 0 Å². The summed E-state index contributed by atoms with van der Waals surface area (Å²) in [5.74, 6) is 0.697. The quantitative estimate of drug-likeness (QED) is 0.501. The van der Waals surface area contributed by atoms with Gasteiger partial charge in [0.2, 0.25) is 0 Å². The molecule has 3 aromatic rings. The number of carbonyl (C=O) groups excluding carboxylic acids is 2. The second-order valence-corrected chi connectivity index (χ2v) is 10.1. The molecule has 3 aliphatic rings. The molecule has 2 aliphatic heterocycles.